The zero-order valence-electron chi connectivity index (χ0n) is 15.0. The molecule has 3 heterocycles. The van der Waals surface area contributed by atoms with Gasteiger partial charge in [-0.1, -0.05) is 20.8 Å². The summed E-state index contributed by atoms with van der Waals surface area (Å²) in [6, 6.07) is 4.09. The first-order valence-corrected chi connectivity index (χ1v) is 8.51. The van der Waals surface area contributed by atoms with Gasteiger partial charge in [0.1, 0.15) is 18.0 Å². The molecule has 0 aliphatic heterocycles. The minimum absolute atomic E-state index is 0.0224. The van der Waals surface area contributed by atoms with E-state index in [0.29, 0.717) is 5.92 Å². The van der Waals surface area contributed by atoms with Crippen molar-refractivity contribution in [3.05, 3.63) is 35.7 Å². The molecule has 0 fully saturated rings. The average molecular weight is 327 g/mol. The molecule has 7 nitrogen and oxygen atoms in total. The van der Waals surface area contributed by atoms with Gasteiger partial charge in [-0.3, -0.25) is 0 Å². The molecule has 3 rings (SSSR count). The van der Waals surface area contributed by atoms with Gasteiger partial charge in [0, 0.05) is 24.4 Å². The van der Waals surface area contributed by atoms with Gasteiger partial charge in [-0.25, -0.2) is 14.6 Å². The average Bonchev–Trinajstić information content (AvgIpc) is 3.13. The molecule has 24 heavy (non-hydrogen) atoms. The summed E-state index contributed by atoms with van der Waals surface area (Å²) in [4.78, 5) is 9.12. The first-order chi connectivity index (χ1) is 11.5. The fraction of sp³-hybridized carbons (Fsp3) is 0.529. The Labute approximate surface area is 142 Å². The third-order valence-electron chi connectivity index (χ3n) is 3.99. The van der Waals surface area contributed by atoms with Gasteiger partial charge in [0.2, 0.25) is 0 Å². The van der Waals surface area contributed by atoms with Gasteiger partial charge in [0.25, 0.3) is 0 Å². The van der Waals surface area contributed by atoms with Crippen LogP contribution in [0, 0.1) is 6.92 Å². The van der Waals surface area contributed by atoms with Crippen molar-refractivity contribution in [1.82, 2.24) is 29.4 Å². The second-order valence-corrected chi connectivity index (χ2v) is 6.48. The van der Waals surface area contributed by atoms with Crippen LogP contribution in [-0.2, 0) is 6.54 Å². The van der Waals surface area contributed by atoms with Crippen molar-refractivity contribution in [1.29, 1.82) is 0 Å². The van der Waals surface area contributed by atoms with Crippen LogP contribution >= 0.6 is 0 Å². The molecule has 0 bridgehead atoms. The van der Waals surface area contributed by atoms with Crippen LogP contribution in [0.2, 0.25) is 0 Å². The van der Waals surface area contributed by atoms with Gasteiger partial charge in [-0.15, -0.1) is 0 Å². The molecule has 1 N–H and O–H groups in total. The molecule has 1 atom stereocenters. The van der Waals surface area contributed by atoms with Crippen molar-refractivity contribution < 1.29 is 0 Å². The SMILES string of the molecule is CCCn1ncnc1[C@@H](C)Nc1cc(C(C)C)nc2cc(C)nn12. The number of nitrogens with one attached hydrogen (secondary N) is 1. The summed E-state index contributed by atoms with van der Waals surface area (Å²) >= 11 is 0. The highest BCUT2D eigenvalue weighted by Gasteiger charge is 2.16. The fourth-order valence-electron chi connectivity index (χ4n) is 2.79. The predicted molar refractivity (Wildman–Crippen MR) is 94.2 cm³/mol. The Balaban J connectivity index is 1.97. The third-order valence-corrected chi connectivity index (χ3v) is 3.99. The van der Waals surface area contributed by atoms with Crippen molar-refractivity contribution in [3.8, 4) is 0 Å². The van der Waals surface area contributed by atoms with Crippen LogP contribution in [0.15, 0.2) is 18.5 Å². The number of hydrogen-bond donors (Lipinski definition) is 1. The molecular formula is C17H25N7. The number of nitrogens with zero attached hydrogens (tertiary/aromatic N) is 6. The van der Waals surface area contributed by atoms with E-state index in [4.69, 9.17) is 4.98 Å². The van der Waals surface area contributed by atoms with Crippen molar-refractivity contribution in [2.75, 3.05) is 5.32 Å². The first kappa shape index (κ1) is 16.4. The van der Waals surface area contributed by atoms with Crippen molar-refractivity contribution in [2.45, 2.75) is 59.5 Å². The molecule has 0 aromatic carbocycles. The van der Waals surface area contributed by atoms with E-state index >= 15 is 0 Å². The predicted octanol–water partition coefficient (Wildman–Crippen LogP) is 3.34. The second-order valence-electron chi connectivity index (χ2n) is 6.48. The number of aromatic nitrogens is 6. The minimum Gasteiger partial charge on any atom is -0.360 e. The highest BCUT2D eigenvalue weighted by Crippen LogP contribution is 2.23. The molecule has 0 radical (unpaired) electrons. The lowest BCUT2D eigenvalue weighted by Crippen LogP contribution is -2.17. The maximum Gasteiger partial charge on any atom is 0.157 e. The van der Waals surface area contributed by atoms with Gasteiger partial charge in [0.05, 0.1) is 11.7 Å². The Morgan fingerprint density at radius 2 is 2.00 bits per heavy atom. The van der Waals surface area contributed by atoms with Crippen molar-refractivity contribution in [3.63, 3.8) is 0 Å². The summed E-state index contributed by atoms with van der Waals surface area (Å²) in [6.45, 7) is 11.4. The molecule has 3 aromatic heterocycles. The van der Waals surface area contributed by atoms with Gasteiger partial charge < -0.3 is 5.32 Å². The molecule has 0 aliphatic carbocycles. The first-order valence-electron chi connectivity index (χ1n) is 8.51. The summed E-state index contributed by atoms with van der Waals surface area (Å²) in [7, 11) is 0. The Bertz CT molecular complexity index is 831. The Morgan fingerprint density at radius 1 is 1.21 bits per heavy atom. The molecule has 7 heteroatoms. The lowest BCUT2D eigenvalue weighted by Gasteiger charge is -2.17. The van der Waals surface area contributed by atoms with E-state index in [9.17, 15) is 0 Å². The van der Waals surface area contributed by atoms with Crippen LogP contribution < -0.4 is 5.32 Å². The van der Waals surface area contributed by atoms with Crippen LogP contribution in [0.25, 0.3) is 5.65 Å². The standard InChI is InChI=1S/C17H25N7/c1-6-7-23-17(18-10-19-23)13(5)20-16-9-14(11(2)3)21-15-8-12(4)22-24(15)16/h8-11,13,20H,6-7H2,1-5H3/t13-/m1/s1. The lowest BCUT2D eigenvalue weighted by molar-refractivity contribution is 0.552. The van der Waals surface area contributed by atoms with Gasteiger partial charge >= 0.3 is 0 Å². The zero-order chi connectivity index (χ0) is 17.3. The van der Waals surface area contributed by atoms with Crippen LogP contribution in [0.5, 0.6) is 0 Å². The maximum atomic E-state index is 4.70. The molecule has 0 amide bonds. The minimum atomic E-state index is 0.0224. The number of rotatable bonds is 6. The van der Waals surface area contributed by atoms with Crippen LogP contribution in [-0.4, -0.2) is 29.4 Å². The molecule has 3 aromatic rings. The number of anilines is 1. The van der Waals surface area contributed by atoms with Crippen LogP contribution in [0.3, 0.4) is 0 Å². The molecule has 0 unspecified atom stereocenters. The summed E-state index contributed by atoms with van der Waals surface area (Å²) in [5.41, 5.74) is 2.86. The van der Waals surface area contributed by atoms with E-state index in [2.05, 4.69) is 54.3 Å². The van der Waals surface area contributed by atoms with E-state index < -0.39 is 0 Å². The monoisotopic (exact) mass is 327 g/mol. The van der Waals surface area contributed by atoms with Gasteiger partial charge in [0.15, 0.2) is 5.65 Å². The van der Waals surface area contributed by atoms with Crippen LogP contribution in [0.1, 0.15) is 63.3 Å². The summed E-state index contributed by atoms with van der Waals surface area (Å²) in [6.07, 6.45) is 2.64. The van der Waals surface area contributed by atoms with Crippen LogP contribution in [0.4, 0.5) is 5.82 Å². The summed E-state index contributed by atoms with van der Waals surface area (Å²) in [5.74, 6) is 2.21. The van der Waals surface area contributed by atoms with E-state index in [1.807, 2.05) is 22.2 Å². The lowest BCUT2D eigenvalue weighted by atomic mass is 10.1. The smallest absolute Gasteiger partial charge is 0.157 e. The molecule has 0 saturated carbocycles. The number of hydrogen-bond acceptors (Lipinski definition) is 5. The third kappa shape index (κ3) is 3.11. The van der Waals surface area contributed by atoms with E-state index in [1.54, 1.807) is 6.33 Å². The van der Waals surface area contributed by atoms with E-state index in [1.165, 1.54) is 0 Å². The fourth-order valence-corrected chi connectivity index (χ4v) is 2.79. The Morgan fingerprint density at radius 3 is 2.71 bits per heavy atom. The van der Waals surface area contributed by atoms with Crippen molar-refractivity contribution in [2.24, 2.45) is 0 Å². The molecule has 0 spiro atoms. The quantitative estimate of drug-likeness (QED) is 0.752. The Kier molecular flexibility index (Phi) is 4.51. The zero-order valence-corrected chi connectivity index (χ0v) is 15.0. The largest absolute Gasteiger partial charge is 0.360 e. The van der Waals surface area contributed by atoms with E-state index in [0.717, 1.165) is 41.6 Å². The normalized spacial score (nSPS) is 12.9. The summed E-state index contributed by atoms with van der Waals surface area (Å²) in [5, 5.41) is 12.4. The number of aryl methyl sites for hydroxylation is 2. The molecule has 0 saturated heterocycles. The van der Waals surface area contributed by atoms with Gasteiger partial charge in [-0.05, 0) is 26.2 Å². The Hall–Kier alpha value is -2.44. The topological polar surface area (TPSA) is 72.9 Å². The summed E-state index contributed by atoms with van der Waals surface area (Å²) < 4.78 is 3.81. The van der Waals surface area contributed by atoms with E-state index in [-0.39, 0.29) is 6.04 Å². The second kappa shape index (κ2) is 6.59. The highest BCUT2D eigenvalue weighted by atomic mass is 15.4. The molecule has 0 aliphatic rings. The maximum absolute atomic E-state index is 4.70. The molecule has 128 valence electrons. The molecular weight excluding hydrogens is 302 g/mol. The van der Waals surface area contributed by atoms with Crippen molar-refractivity contribution >= 4 is 11.5 Å². The highest BCUT2D eigenvalue weighted by molar-refractivity contribution is 5.51. The number of fused-ring (bicyclic) bond motifs is 1. The van der Waals surface area contributed by atoms with Gasteiger partial charge in [-0.2, -0.15) is 14.7 Å².